The van der Waals surface area contributed by atoms with Gasteiger partial charge in [0.2, 0.25) is 0 Å². The van der Waals surface area contributed by atoms with Crippen molar-refractivity contribution in [1.29, 1.82) is 0 Å². The summed E-state index contributed by atoms with van der Waals surface area (Å²) in [7, 11) is 0. The van der Waals surface area contributed by atoms with Gasteiger partial charge >= 0.3 is 0 Å². The van der Waals surface area contributed by atoms with Crippen molar-refractivity contribution >= 4 is 6.08 Å². The van der Waals surface area contributed by atoms with Crippen LogP contribution >= 0.6 is 0 Å². The molecule has 0 heteroatoms. The summed E-state index contributed by atoms with van der Waals surface area (Å²) in [5, 5.41) is 0. The minimum atomic E-state index is 0.642. The molecule has 58 valence electrons. The first kappa shape index (κ1) is 8.40. The van der Waals surface area contributed by atoms with Crippen molar-refractivity contribution in [2.75, 3.05) is 0 Å². The van der Waals surface area contributed by atoms with E-state index in [1.54, 1.807) is 0 Å². The Bertz CT molecular complexity index is 319. The highest BCUT2D eigenvalue weighted by atomic mass is 13.8. The van der Waals surface area contributed by atoms with E-state index in [9.17, 15) is 0 Å². The average Bonchev–Trinajstić information content (AvgIpc) is 2.14. The molecule has 0 saturated carbocycles. The standard InChI is InChI=1S/C12H10/c1-2-3-4-6-9-12-10-7-5-8-11-12/h1,4-5,7-11H,3H2. The first-order valence-corrected chi connectivity index (χ1v) is 3.83. The van der Waals surface area contributed by atoms with Crippen molar-refractivity contribution in [1.82, 2.24) is 0 Å². The predicted octanol–water partition coefficient (Wildman–Crippen LogP) is 2.88. The quantitative estimate of drug-likeness (QED) is 0.454. The van der Waals surface area contributed by atoms with E-state index in [1.165, 1.54) is 0 Å². The molecule has 0 aliphatic heterocycles. The van der Waals surface area contributed by atoms with E-state index in [0.29, 0.717) is 6.42 Å². The fourth-order valence-corrected chi connectivity index (χ4v) is 0.822. The summed E-state index contributed by atoms with van der Waals surface area (Å²) >= 11 is 0. The lowest BCUT2D eigenvalue weighted by atomic mass is 10.2. The van der Waals surface area contributed by atoms with Gasteiger partial charge in [-0.2, -0.15) is 0 Å². The number of benzene rings is 1. The van der Waals surface area contributed by atoms with Gasteiger partial charge in [-0.15, -0.1) is 18.1 Å². The lowest BCUT2D eigenvalue weighted by molar-refractivity contribution is 1.49. The molecule has 0 spiro atoms. The minimum absolute atomic E-state index is 0.642. The third-order valence-electron chi connectivity index (χ3n) is 1.39. The lowest BCUT2D eigenvalue weighted by Gasteiger charge is -1.85. The van der Waals surface area contributed by atoms with Gasteiger partial charge in [0.25, 0.3) is 0 Å². The molecule has 0 saturated heterocycles. The van der Waals surface area contributed by atoms with E-state index in [-0.39, 0.29) is 0 Å². The summed E-state index contributed by atoms with van der Waals surface area (Å²) in [5.41, 5.74) is 4.15. The molecule has 0 atom stereocenters. The first-order valence-electron chi connectivity index (χ1n) is 3.83. The van der Waals surface area contributed by atoms with Gasteiger partial charge in [-0.1, -0.05) is 30.3 Å². The number of rotatable bonds is 2. The average molecular weight is 154 g/mol. The van der Waals surface area contributed by atoms with Crippen LogP contribution in [0.2, 0.25) is 0 Å². The first-order chi connectivity index (χ1) is 5.93. The summed E-state index contributed by atoms with van der Waals surface area (Å²) in [6, 6.07) is 10.0. The Hall–Kier alpha value is -1.70. The number of hydrogen-bond donors (Lipinski definition) is 0. The normalized spacial score (nSPS) is 7.92. The minimum Gasteiger partial charge on any atom is -0.124 e. The molecule has 0 radical (unpaired) electrons. The molecular formula is C12H10. The fraction of sp³-hybridized carbons (Fsp3) is 0.0833. The summed E-state index contributed by atoms with van der Waals surface area (Å²) < 4.78 is 0. The number of terminal acetylenes is 1. The summed E-state index contributed by atoms with van der Waals surface area (Å²) in [6.45, 7) is 0. The number of allylic oxidation sites excluding steroid dienone is 1. The van der Waals surface area contributed by atoms with Gasteiger partial charge in [0.05, 0.1) is 0 Å². The molecular weight excluding hydrogens is 144 g/mol. The maximum atomic E-state index is 5.07. The molecule has 1 aromatic carbocycles. The molecule has 0 N–H and O–H groups in total. The summed E-state index contributed by atoms with van der Waals surface area (Å²) in [5.74, 6) is 2.52. The molecule has 0 nitrogen and oxygen atoms in total. The van der Waals surface area contributed by atoms with Crippen LogP contribution in [0.1, 0.15) is 12.0 Å². The van der Waals surface area contributed by atoms with Crippen molar-refractivity contribution in [2.45, 2.75) is 6.42 Å². The molecule has 0 unspecified atom stereocenters. The second-order valence-corrected chi connectivity index (χ2v) is 2.33. The topological polar surface area (TPSA) is 0 Å². The van der Waals surface area contributed by atoms with Gasteiger partial charge in [-0.25, -0.2) is 0 Å². The molecule has 0 amide bonds. The van der Waals surface area contributed by atoms with E-state index < -0.39 is 0 Å². The molecule has 0 aliphatic rings. The van der Waals surface area contributed by atoms with Crippen LogP contribution in [0.3, 0.4) is 0 Å². The van der Waals surface area contributed by atoms with Crippen LogP contribution in [0, 0.1) is 12.3 Å². The predicted molar refractivity (Wildman–Crippen MR) is 52.4 cm³/mol. The van der Waals surface area contributed by atoms with E-state index in [2.05, 4.69) is 11.7 Å². The van der Waals surface area contributed by atoms with E-state index in [4.69, 9.17) is 6.42 Å². The van der Waals surface area contributed by atoms with E-state index in [0.717, 1.165) is 5.56 Å². The monoisotopic (exact) mass is 154 g/mol. The zero-order chi connectivity index (χ0) is 8.65. The third kappa shape index (κ3) is 2.92. The lowest BCUT2D eigenvalue weighted by Crippen LogP contribution is -1.65. The highest BCUT2D eigenvalue weighted by molar-refractivity contribution is 5.47. The van der Waals surface area contributed by atoms with Crippen molar-refractivity contribution in [2.24, 2.45) is 0 Å². The van der Waals surface area contributed by atoms with E-state index >= 15 is 0 Å². The molecule has 1 rings (SSSR count). The third-order valence-corrected chi connectivity index (χ3v) is 1.39. The summed E-state index contributed by atoms with van der Waals surface area (Å²) in [6.07, 6.45) is 9.47. The van der Waals surface area contributed by atoms with Gasteiger partial charge in [0.15, 0.2) is 0 Å². The molecule has 0 aliphatic carbocycles. The van der Waals surface area contributed by atoms with Crippen LogP contribution in [-0.4, -0.2) is 0 Å². The molecule has 12 heavy (non-hydrogen) atoms. The Balaban J connectivity index is 2.65. The fourth-order valence-electron chi connectivity index (χ4n) is 0.822. The largest absolute Gasteiger partial charge is 0.124 e. The molecule has 0 aromatic heterocycles. The highest BCUT2D eigenvalue weighted by Gasteiger charge is 1.78. The van der Waals surface area contributed by atoms with Crippen LogP contribution in [0.5, 0.6) is 0 Å². The second kappa shape index (κ2) is 5.02. The molecule has 0 heterocycles. The highest BCUT2D eigenvalue weighted by Crippen LogP contribution is 1.99. The zero-order valence-corrected chi connectivity index (χ0v) is 6.83. The van der Waals surface area contributed by atoms with Gasteiger partial charge in [0, 0.05) is 6.42 Å². The molecule has 0 bridgehead atoms. The Morgan fingerprint density at radius 1 is 1.25 bits per heavy atom. The van der Waals surface area contributed by atoms with Crippen molar-refractivity contribution in [3.63, 3.8) is 0 Å². The van der Waals surface area contributed by atoms with Crippen molar-refractivity contribution in [3.05, 3.63) is 47.7 Å². The zero-order valence-electron chi connectivity index (χ0n) is 6.83. The Kier molecular flexibility index (Phi) is 3.51. The van der Waals surface area contributed by atoms with Crippen LogP contribution in [0.4, 0.5) is 0 Å². The Labute approximate surface area is 73.2 Å². The van der Waals surface area contributed by atoms with Gasteiger partial charge in [-0.3, -0.25) is 0 Å². The van der Waals surface area contributed by atoms with Gasteiger partial charge < -0.3 is 0 Å². The van der Waals surface area contributed by atoms with Crippen LogP contribution < -0.4 is 0 Å². The van der Waals surface area contributed by atoms with Crippen molar-refractivity contribution < 1.29 is 0 Å². The van der Waals surface area contributed by atoms with Crippen molar-refractivity contribution in [3.8, 4) is 12.3 Å². The Morgan fingerprint density at radius 2 is 2.00 bits per heavy atom. The smallest absolute Gasteiger partial charge is 0.0342 e. The molecule has 1 aromatic rings. The van der Waals surface area contributed by atoms with Crippen LogP contribution in [0.15, 0.2) is 42.1 Å². The Morgan fingerprint density at radius 3 is 2.67 bits per heavy atom. The summed E-state index contributed by atoms with van der Waals surface area (Å²) in [4.78, 5) is 0. The number of hydrogen-bond acceptors (Lipinski definition) is 0. The second-order valence-electron chi connectivity index (χ2n) is 2.33. The molecule has 0 fully saturated rings. The van der Waals surface area contributed by atoms with Gasteiger partial charge in [0.1, 0.15) is 0 Å². The maximum absolute atomic E-state index is 5.07. The SMILES string of the molecule is C#CCC=C=Cc1ccccc1. The van der Waals surface area contributed by atoms with Crippen LogP contribution in [0.25, 0.3) is 6.08 Å². The maximum Gasteiger partial charge on any atom is 0.0342 e. The van der Waals surface area contributed by atoms with Gasteiger partial charge in [-0.05, 0) is 17.7 Å². The van der Waals surface area contributed by atoms with E-state index in [1.807, 2.05) is 42.5 Å². The van der Waals surface area contributed by atoms with Crippen LogP contribution in [-0.2, 0) is 0 Å².